The molecule has 2 N–H and O–H groups in total. The molecule has 1 aliphatic rings. The Morgan fingerprint density at radius 1 is 1.35 bits per heavy atom. The third-order valence-electron chi connectivity index (χ3n) is 4.41. The second-order valence-electron chi connectivity index (χ2n) is 6.57. The Kier molecular flexibility index (Phi) is 11.5. The van der Waals surface area contributed by atoms with Crippen LogP contribution in [0.5, 0.6) is 5.75 Å². The highest BCUT2D eigenvalue weighted by atomic mass is 127. The summed E-state index contributed by atoms with van der Waals surface area (Å²) in [7, 11) is 1.82. The number of halogens is 2. The minimum absolute atomic E-state index is 0. The van der Waals surface area contributed by atoms with Crippen LogP contribution < -0.4 is 15.4 Å². The van der Waals surface area contributed by atoms with Gasteiger partial charge in [0.25, 0.3) is 0 Å². The summed E-state index contributed by atoms with van der Waals surface area (Å²) in [5, 5.41) is 6.92. The number of ether oxygens (including phenoxy) is 1. The molecule has 0 amide bonds. The van der Waals surface area contributed by atoms with Gasteiger partial charge in [0.05, 0.1) is 11.0 Å². The maximum atomic E-state index is 5.97. The molecule has 7 heteroatoms. The highest BCUT2D eigenvalue weighted by molar-refractivity contribution is 14.0. The number of rotatable bonds is 7. The summed E-state index contributed by atoms with van der Waals surface area (Å²) in [5.74, 6) is 1.72. The van der Waals surface area contributed by atoms with Crippen LogP contribution in [0, 0.1) is 0 Å². The predicted octanol–water partition coefficient (Wildman–Crippen LogP) is 3.87. The molecule has 1 aromatic carbocycles. The van der Waals surface area contributed by atoms with E-state index in [1.54, 1.807) is 0 Å². The standard InChI is InChI=1S/C19H31BrN4O.HI/c1-4-11-24-12-9-16(10-13-24)23-19(21-3)22-14-15(2)25-18-8-6-5-7-17(18)20;/h5-8,15-16H,4,9-14H2,1-3H3,(H2,21,22,23);1H. The quantitative estimate of drug-likeness (QED) is 0.314. The van der Waals surface area contributed by atoms with Crippen LogP contribution in [-0.2, 0) is 0 Å². The summed E-state index contributed by atoms with van der Waals surface area (Å²) in [6, 6.07) is 8.42. The van der Waals surface area contributed by atoms with Crippen molar-refractivity contribution in [2.75, 3.05) is 33.2 Å². The summed E-state index contributed by atoms with van der Waals surface area (Å²) in [5.41, 5.74) is 0. The zero-order valence-corrected chi connectivity index (χ0v) is 19.9. The minimum atomic E-state index is 0. The third-order valence-corrected chi connectivity index (χ3v) is 5.07. The molecule has 0 aliphatic carbocycles. The molecule has 26 heavy (non-hydrogen) atoms. The molecule has 1 aromatic rings. The van der Waals surface area contributed by atoms with Crippen LogP contribution in [0.15, 0.2) is 33.7 Å². The van der Waals surface area contributed by atoms with Crippen LogP contribution in [0.3, 0.4) is 0 Å². The summed E-state index contributed by atoms with van der Waals surface area (Å²) in [6.07, 6.45) is 3.62. The van der Waals surface area contributed by atoms with Crippen molar-refractivity contribution in [2.45, 2.75) is 45.3 Å². The first kappa shape index (κ1) is 23.5. The Bertz CT molecular complexity index is 550. The summed E-state index contributed by atoms with van der Waals surface area (Å²) in [4.78, 5) is 6.89. The summed E-state index contributed by atoms with van der Waals surface area (Å²) >= 11 is 3.51. The first-order valence-corrected chi connectivity index (χ1v) is 10.0. The van der Waals surface area contributed by atoms with Crippen molar-refractivity contribution in [1.82, 2.24) is 15.5 Å². The van der Waals surface area contributed by atoms with Gasteiger partial charge in [0, 0.05) is 26.2 Å². The van der Waals surface area contributed by atoms with Crippen LogP contribution >= 0.6 is 39.9 Å². The van der Waals surface area contributed by atoms with Gasteiger partial charge in [0.15, 0.2) is 5.96 Å². The van der Waals surface area contributed by atoms with Crippen LogP contribution in [0.1, 0.15) is 33.1 Å². The van der Waals surface area contributed by atoms with Crippen molar-refractivity contribution in [3.05, 3.63) is 28.7 Å². The molecule has 148 valence electrons. The first-order valence-electron chi connectivity index (χ1n) is 9.23. The number of likely N-dealkylation sites (tertiary alicyclic amines) is 1. The lowest BCUT2D eigenvalue weighted by Crippen LogP contribution is -2.50. The smallest absolute Gasteiger partial charge is 0.191 e. The van der Waals surface area contributed by atoms with Crippen molar-refractivity contribution in [1.29, 1.82) is 0 Å². The fraction of sp³-hybridized carbons (Fsp3) is 0.632. The topological polar surface area (TPSA) is 48.9 Å². The van der Waals surface area contributed by atoms with Crippen LogP contribution in [-0.4, -0.2) is 56.2 Å². The van der Waals surface area contributed by atoms with Gasteiger partial charge < -0.3 is 20.3 Å². The van der Waals surface area contributed by atoms with Gasteiger partial charge in [0.2, 0.25) is 0 Å². The molecule has 5 nitrogen and oxygen atoms in total. The second kappa shape index (κ2) is 12.8. The number of piperidine rings is 1. The summed E-state index contributed by atoms with van der Waals surface area (Å²) < 4.78 is 6.95. The molecule has 0 saturated carbocycles. The van der Waals surface area contributed by atoms with Crippen molar-refractivity contribution in [3.63, 3.8) is 0 Å². The van der Waals surface area contributed by atoms with Crippen molar-refractivity contribution >= 4 is 45.9 Å². The van der Waals surface area contributed by atoms with E-state index in [4.69, 9.17) is 4.74 Å². The lowest BCUT2D eigenvalue weighted by molar-refractivity contribution is 0.205. The molecular weight excluding hydrogens is 507 g/mol. The van der Waals surface area contributed by atoms with E-state index in [-0.39, 0.29) is 30.1 Å². The highest BCUT2D eigenvalue weighted by Crippen LogP contribution is 2.24. The van der Waals surface area contributed by atoms with E-state index in [1.165, 1.54) is 38.9 Å². The molecule has 2 rings (SSSR count). The molecule has 0 radical (unpaired) electrons. The zero-order chi connectivity index (χ0) is 18.1. The Labute approximate surface area is 183 Å². The van der Waals surface area contributed by atoms with Crippen LogP contribution in [0.4, 0.5) is 0 Å². The molecule has 1 fully saturated rings. The van der Waals surface area contributed by atoms with Crippen molar-refractivity contribution in [3.8, 4) is 5.75 Å². The number of benzene rings is 1. The number of para-hydroxylation sites is 1. The van der Waals surface area contributed by atoms with Gasteiger partial charge in [-0.2, -0.15) is 0 Å². The lowest BCUT2D eigenvalue weighted by atomic mass is 10.1. The Morgan fingerprint density at radius 2 is 2.04 bits per heavy atom. The highest BCUT2D eigenvalue weighted by Gasteiger charge is 2.19. The number of nitrogens with one attached hydrogen (secondary N) is 2. The number of hydrogen-bond acceptors (Lipinski definition) is 3. The zero-order valence-electron chi connectivity index (χ0n) is 16.0. The lowest BCUT2D eigenvalue weighted by Gasteiger charge is -2.33. The third kappa shape index (κ3) is 8.00. The Morgan fingerprint density at radius 3 is 2.65 bits per heavy atom. The van der Waals surface area contributed by atoms with Crippen molar-refractivity contribution in [2.24, 2.45) is 4.99 Å². The molecule has 1 saturated heterocycles. The molecule has 1 heterocycles. The van der Waals surface area contributed by atoms with E-state index < -0.39 is 0 Å². The molecule has 1 atom stereocenters. The Balaban J connectivity index is 0.00000338. The van der Waals surface area contributed by atoms with E-state index in [1.807, 2.05) is 31.3 Å². The van der Waals surface area contributed by atoms with Gasteiger partial charge in [-0.05, 0) is 60.8 Å². The SMILES string of the molecule is CCCN1CCC(NC(=NC)NCC(C)Oc2ccccc2Br)CC1.I. The van der Waals surface area contributed by atoms with Gasteiger partial charge in [-0.3, -0.25) is 4.99 Å². The maximum Gasteiger partial charge on any atom is 0.191 e. The first-order chi connectivity index (χ1) is 12.1. The maximum absolute atomic E-state index is 5.97. The number of hydrogen-bond donors (Lipinski definition) is 2. The van der Waals surface area contributed by atoms with Crippen molar-refractivity contribution < 1.29 is 4.74 Å². The van der Waals surface area contributed by atoms with E-state index in [9.17, 15) is 0 Å². The molecule has 0 bridgehead atoms. The predicted molar refractivity (Wildman–Crippen MR) is 124 cm³/mol. The Hall–Kier alpha value is -0.540. The van der Waals surface area contributed by atoms with E-state index in [2.05, 4.69) is 50.3 Å². The second-order valence-corrected chi connectivity index (χ2v) is 7.43. The van der Waals surface area contributed by atoms with Gasteiger partial charge >= 0.3 is 0 Å². The number of aliphatic imine (C=N–C) groups is 1. The van der Waals surface area contributed by atoms with E-state index >= 15 is 0 Å². The van der Waals surface area contributed by atoms with Gasteiger partial charge in [-0.15, -0.1) is 24.0 Å². The fourth-order valence-electron chi connectivity index (χ4n) is 3.04. The minimum Gasteiger partial charge on any atom is -0.488 e. The van der Waals surface area contributed by atoms with E-state index in [0.717, 1.165) is 16.2 Å². The normalized spacial score (nSPS) is 17.3. The molecule has 1 aliphatic heterocycles. The fourth-order valence-corrected chi connectivity index (χ4v) is 3.42. The molecule has 0 aromatic heterocycles. The van der Waals surface area contributed by atoms with Crippen LogP contribution in [0.2, 0.25) is 0 Å². The average Bonchev–Trinajstić information content (AvgIpc) is 2.62. The molecule has 0 spiro atoms. The van der Waals surface area contributed by atoms with Gasteiger partial charge in [-0.25, -0.2) is 0 Å². The van der Waals surface area contributed by atoms with Gasteiger partial charge in [0.1, 0.15) is 11.9 Å². The van der Waals surface area contributed by atoms with Crippen LogP contribution in [0.25, 0.3) is 0 Å². The molecular formula is C19H32BrIN4O. The average molecular weight is 539 g/mol. The number of nitrogens with zero attached hydrogens (tertiary/aromatic N) is 2. The number of guanidine groups is 1. The monoisotopic (exact) mass is 538 g/mol. The molecule has 1 unspecified atom stereocenters. The van der Waals surface area contributed by atoms with E-state index in [0.29, 0.717) is 12.6 Å². The van der Waals surface area contributed by atoms with Gasteiger partial charge in [-0.1, -0.05) is 19.1 Å². The summed E-state index contributed by atoms with van der Waals surface area (Å²) in [6.45, 7) is 8.56. The largest absolute Gasteiger partial charge is 0.488 e.